The van der Waals surface area contributed by atoms with Crippen molar-refractivity contribution in [3.8, 4) is 0 Å². The van der Waals surface area contributed by atoms with E-state index in [2.05, 4.69) is 51.6 Å². The molecule has 30 heavy (non-hydrogen) atoms. The molecule has 1 unspecified atom stereocenters. The summed E-state index contributed by atoms with van der Waals surface area (Å²) in [5.74, 6) is 1.48. The fourth-order valence-corrected chi connectivity index (χ4v) is 4.42. The zero-order valence-corrected chi connectivity index (χ0v) is 18.4. The fourth-order valence-electron chi connectivity index (χ4n) is 3.63. The number of hydrogen-bond donors (Lipinski definition) is 1. The molecule has 1 N–H and O–H groups in total. The largest absolute Gasteiger partial charge is 0.378 e. The fraction of sp³-hybridized carbons (Fsp3) is 0.261. The number of thioether (sulfide) groups is 1. The van der Waals surface area contributed by atoms with Crippen LogP contribution in [-0.4, -0.2) is 34.6 Å². The van der Waals surface area contributed by atoms with Crippen LogP contribution in [0.25, 0.3) is 0 Å². The van der Waals surface area contributed by atoms with Gasteiger partial charge in [0.15, 0.2) is 5.78 Å². The maximum absolute atomic E-state index is 12.5. The maximum atomic E-state index is 12.5. The van der Waals surface area contributed by atoms with Crippen LogP contribution in [0.2, 0.25) is 0 Å². The number of hydrogen-bond acceptors (Lipinski definition) is 6. The molecule has 6 nitrogen and oxygen atoms in total. The van der Waals surface area contributed by atoms with Crippen molar-refractivity contribution < 1.29 is 4.79 Å². The van der Waals surface area contributed by atoms with Gasteiger partial charge in [0, 0.05) is 36.8 Å². The number of nitrogens with zero attached hydrogens (tertiary/aromatic N) is 4. The molecular formula is C23H25N5OS. The van der Waals surface area contributed by atoms with Gasteiger partial charge in [-0.1, -0.05) is 54.2 Å². The van der Waals surface area contributed by atoms with Gasteiger partial charge in [0.1, 0.15) is 6.04 Å². The second kappa shape index (κ2) is 8.36. The molecule has 0 saturated heterocycles. The third kappa shape index (κ3) is 3.98. The molecule has 0 fully saturated rings. The molecule has 4 rings (SSSR count). The van der Waals surface area contributed by atoms with Crippen molar-refractivity contribution in [1.82, 2.24) is 14.8 Å². The van der Waals surface area contributed by atoms with Crippen LogP contribution in [0.15, 0.2) is 71.0 Å². The van der Waals surface area contributed by atoms with E-state index in [1.54, 1.807) is 18.7 Å². The number of anilines is 2. The maximum Gasteiger partial charge on any atom is 0.227 e. The van der Waals surface area contributed by atoms with E-state index in [0.29, 0.717) is 16.7 Å². The van der Waals surface area contributed by atoms with Crippen LogP contribution in [0.1, 0.15) is 31.0 Å². The van der Waals surface area contributed by atoms with E-state index in [4.69, 9.17) is 5.10 Å². The molecule has 7 heteroatoms. The first kappa shape index (κ1) is 20.2. The summed E-state index contributed by atoms with van der Waals surface area (Å²) >= 11 is 1.59. The van der Waals surface area contributed by atoms with Crippen LogP contribution < -0.4 is 10.2 Å². The van der Waals surface area contributed by atoms with Crippen LogP contribution in [-0.2, 0) is 10.5 Å². The lowest BCUT2D eigenvalue weighted by Gasteiger charge is -2.28. The lowest BCUT2D eigenvalue weighted by Crippen LogP contribution is -2.27. The van der Waals surface area contributed by atoms with Gasteiger partial charge in [-0.15, -0.1) is 5.10 Å². The number of benzene rings is 2. The lowest BCUT2D eigenvalue weighted by atomic mass is 9.93. The SMILES string of the molecule is CC(=O)C1=C(C)Nc2nc(SCc3ccccc3)nn2C1c1ccc(N(C)C)cc1. The van der Waals surface area contributed by atoms with Crippen LogP contribution >= 0.6 is 11.8 Å². The van der Waals surface area contributed by atoms with Crippen LogP contribution in [0, 0.1) is 0 Å². The summed E-state index contributed by atoms with van der Waals surface area (Å²) in [5.41, 5.74) is 4.87. The summed E-state index contributed by atoms with van der Waals surface area (Å²) in [6, 6.07) is 18.2. The third-order valence-corrected chi connectivity index (χ3v) is 6.06. The highest BCUT2D eigenvalue weighted by Gasteiger charge is 2.32. The number of nitrogens with one attached hydrogen (secondary N) is 1. The number of fused-ring (bicyclic) bond motifs is 1. The average Bonchev–Trinajstić information content (AvgIpc) is 3.14. The van der Waals surface area contributed by atoms with E-state index in [9.17, 15) is 4.79 Å². The first-order chi connectivity index (χ1) is 14.4. The molecule has 0 saturated carbocycles. The van der Waals surface area contributed by atoms with Gasteiger partial charge in [0.25, 0.3) is 0 Å². The number of carbonyl (C=O) groups is 1. The first-order valence-corrected chi connectivity index (χ1v) is 10.8. The Morgan fingerprint density at radius 1 is 1.13 bits per heavy atom. The van der Waals surface area contributed by atoms with Crippen molar-refractivity contribution in [3.63, 3.8) is 0 Å². The van der Waals surface area contributed by atoms with Crippen LogP contribution in [0.5, 0.6) is 0 Å². The molecule has 0 aliphatic carbocycles. The number of rotatable bonds is 6. The smallest absolute Gasteiger partial charge is 0.227 e. The molecule has 1 aliphatic rings. The highest BCUT2D eigenvalue weighted by molar-refractivity contribution is 7.98. The number of allylic oxidation sites excluding steroid dienone is 2. The normalized spacial score (nSPS) is 15.5. The molecule has 0 bridgehead atoms. The van der Waals surface area contributed by atoms with Crippen molar-refractivity contribution in [1.29, 1.82) is 0 Å². The topological polar surface area (TPSA) is 63.1 Å². The molecule has 0 spiro atoms. The Morgan fingerprint density at radius 3 is 2.47 bits per heavy atom. The number of Topliss-reactive ketones (excluding diaryl/α,β-unsaturated/α-hetero) is 1. The Morgan fingerprint density at radius 2 is 1.83 bits per heavy atom. The molecule has 3 aromatic rings. The van der Waals surface area contributed by atoms with Gasteiger partial charge in [-0.05, 0) is 37.1 Å². The van der Waals surface area contributed by atoms with E-state index in [0.717, 1.165) is 22.7 Å². The molecule has 0 amide bonds. The van der Waals surface area contributed by atoms with Crippen LogP contribution in [0.4, 0.5) is 11.6 Å². The second-order valence-electron chi connectivity index (χ2n) is 7.55. The minimum atomic E-state index is -0.298. The van der Waals surface area contributed by atoms with Gasteiger partial charge in [-0.2, -0.15) is 4.98 Å². The summed E-state index contributed by atoms with van der Waals surface area (Å²) in [6.07, 6.45) is 0. The Kier molecular flexibility index (Phi) is 5.63. The van der Waals surface area contributed by atoms with Crippen molar-refractivity contribution in [2.75, 3.05) is 24.3 Å². The number of aromatic nitrogens is 3. The van der Waals surface area contributed by atoms with E-state index in [-0.39, 0.29) is 11.8 Å². The monoisotopic (exact) mass is 419 g/mol. The van der Waals surface area contributed by atoms with Gasteiger partial charge >= 0.3 is 0 Å². The second-order valence-corrected chi connectivity index (χ2v) is 8.49. The van der Waals surface area contributed by atoms with Gasteiger partial charge in [-0.25, -0.2) is 4.68 Å². The van der Waals surface area contributed by atoms with Gasteiger partial charge in [-0.3, -0.25) is 4.79 Å². The first-order valence-electron chi connectivity index (χ1n) is 9.83. The number of ketones is 1. The van der Waals surface area contributed by atoms with Gasteiger partial charge < -0.3 is 10.2 Å². The number of carbonyl (C=O) groups excluding carboxylic acids is 1. The summed E-state index contributed by atoms with van der Waals surface area (Å²) in [4.78, 5) is 19.3. The van der Waals surface area contributed by atoms with E-state index in [1.807, 2.05) is 43.9 Å². The summed E-state index contributed by atoms with van der Waals surface area (Å²) in [6.45, 7) is 3.53. The van der Waals surface area contributed by atoms with Gasteiger partial charge in [0.2, 0.25) is 11.1 Å². The van der Waals surface area contributed by atoms with Crippen molar-refractivity contribution in [3.05, 3.63) is 77.0 Å². The molecule has 0 radical (unpaired) electrons. The third-order valence-electron chi connectivity index (χ3n) is 5.15. The molecular weight excluding hydrogens is 394 g/mol. The summed E-state index contributed by atoms with van der Waals surface area (Å²) in [5, 5.41) is 8.71. The Balaban J connectivity index is 1.69. The van der Waals surface area contributed by atoms with E-state index in [1.165, 1.54) is 5.56 Å². The Hall–Kier alpha value is -3.06. The standard InChI is InChI=1S/C23H25N5OS/c1-15-20(16(2)29)21(18-10-12-19(13-11-18)27(3)4)28-22(24-15)25-23(26-28)30-14-17-8-6-5-7-9-17/h5-13,21H,14H2,1-4H3,(H,24,25,26). The van der Waals surface area contributed by atoms with Gasteiger partial charge in [0.05, 0.1) is 0 Å². The van der Waals surface area contributed by atoms with Crippen molar-refractivity contribution >= 4 is 29.2 Å². The molecule has 1 atom stereocenters. The predicted octanol–water partition coefficient (Wildman–Crippen LogP) is 4.51. The Bertz CT molecular complexity index is 1090. The Labute approximate surface area is 181 Å². The summed E-state index contributed by atoms with van der Waals surface area (Å²) in [7, 11) is 4.02. The molecule has 2 heterocycles. The highest BCUT2D eigenvalue weighted by Crippen LogP contribution is 2.37. The van der Waals surface area contributed by atoms with Crippen molar-refractivity contribution in [2.24, 2.45) is 0 Å². The molecule has 2 aromatic carbocycles. The minimum Gasteiger partial charge on any atom is -0.378 e. The van der Waals surface area contributed by atoms with Crippen molar-refractivity contribution in [2.45, 2.75) is 30.8 Å². The average molecular weight is 420 g/mol. The molecule has 1 aliphatic heterocycles. The highest BCUT2D eigenvalue weighted by atomic mass is 32.2. The lowest BCUT2D eigenvalue weighted by molar-refractivity contribution is -0.114. The van der Waals surface area contributed by atoms with E-state index >= 15 is 0 Å². The zero-order chi connectivity index (χ0) is 21.3. The van der Waals surface area contributed by atoms with E-state index < -0.39 is 0 Å². The predicted molar refractivity (Wildman–Crippen MR) is 122 cm³/mol. The summed E-state index contributed by atoms with van der Waals surface area (Å²) < 4.78 is 1.84. The quantitative estimate of drug-likeness (QED) is 0.593. The molecule has 1 aromatic heterocycles. The van der Waals surface area contributed by atoms with Crippen LogP contribution in [0.3, 0.4) is 0 Å². The minimum absolute atomic E-state index is 0.0290. The zero-order valence-electron chi connectivity index (χ0n) is 17.6. The molecule has 154 valence electrons.